The van der Waals surface area contributed by atoms with Crippen molar-refractivity contribution in [2.75, 3.05) is 18.4 Å². The van der Waals surface area contributed by atoms with Crippen LogP contribution in [-0.2, 0) is 10.2 Å². The third-order valence-electron chi connectivity index (χ3n) is 6.37. The summed E-state index contributed by atoms with van der Waals surface area (Å²) in [6, 6.07) is 9.16. The molecule has 3 nitrogen and oxygen atoms in total. The van der Waals surface area contributed by atoms with Crippen LogP contribution in [0, 0.1) is 5.92 Å². The number of benzene rings is 1. The monoisotopic (exact) mass is 292 g/mol. The van der Waals surface area contributed by atoms with Crippen molar-refractivity contribution in [2.45, 2.75) is 31.2 Å². The van der Waals surface area contributed by atoms with E-state index in [9.17, 15) is 4.79 Å². The number of allylic oxidation sites excluding steroid dienone is 2. The maximum Gasteiger partial charge on any atom is 0.148 e. The number of anilines is 1. The summed E-state index contributed by atoms with van der Waals surface area (Å²) >= 11 is 0. The number of hydrogen-bond acceptors (Lipinski definition) is 3. The summed E-state index contributed by atoms with van der Waals surface area (Å²) in [4.78, 5) is 14.6. The van der Waals surface area contributed by atoms with Crippen LogP contribution in [0.15, 0.2) is 47.2 Å². The molecule has 0 radical (unpaired) electrons. The van der Waals surface area contributed by atoms with Crippen LogP contribution in [0.2, 0.25) is 0 Å². The number of fused-ring (bicyclic) bond motifs is 2. The second-order valence-electron chi connectivity index (χ2n) is 6.98. The van der Waals surface area contributed by atoms with Crippen LogP contribution < -0.4 is 5.32 Å². The molecule has 1 aliphatic carbocycles. The van der Waals surface area contributed by atoms with Crippen molar-refractivity contribution >= 4 is 12.0 Å². The number of para-hydroxylation sites is 1. The summed E-state index contributed by atoms with van der Waals surface area (Å²) < 4.78 is 0. The van der Waals surface area contributed by atoms with E-state index >= 15 is 0 Å². The molecule has 4 aliphatic rings. The van der Waals surface area contributed by atoms with E-state index in [1.165, 1.54) is 22.5 Å². The normalized spacial score (nSPS) is 37.0. The van der Waals surface area contributed by atoms with E-state index in [1.807, 2.05) is 0 Å². The molecule has 0 unspecified atom stereocenters. The first kappa shape index (κ1) is 12.7. The molecule has 5 rings (SSSR count). The molecule has 3 heterocycles. The predicted octanol–water partition coefficient (Wildman–Crippen LogP) is 2.86. The van der Waals surface area contributed by atoms with Crippen molar-refractivity contribution in [3.05, 3.63) is 52.7 Å². The fraction of sp³-hybridized carbons (Fsp3) is 0.421. The van der Waals surface area contributed by atoms with Crippen LogP contribution >= 0.6 is 0 Å². The van der Waals surface area contributed by atoms with Crippen LogP contribution in [0.3, 0.4) is 0 Å². The van der Waals surface area contributed by atoms with E-state index in [0.717, 1.165) is 37.8 Å². The van der Waals surface area contributed by atoms with Gasteiger partial charge in [0, 0.05) is 42.0 Å². The highest BCUT2D eigenvalue weighted by Crippen LogP contribution is 2.60. The highest BCUT2D eigenvalue weighted by molar-refractivity contribution is 5.84. The Hall–Kier alpha value is -1.87. The first-order valence-electron chi connectivity index (χ1n) is 8.25. The topological polar surface area (TPSA) is 32.3 Å². The zero-order valence-electron chi connectivity index (χ0n) is 12.8. The third-order valence-corrected chi connectivity index (χ3v) is 6.37. The minimum atomic E-state index is 0.0304. The molecule has 1 aromatic rings. The minimum absolute atomic E-state index is 0.0304. The Labute approximate surface area is 130 Å². The first-order chi connectivity index (χ1) is 10.8. The van der Waals surface area contributed by atoms with Crippen molar-refractivity contribution in [1.82, 2.24) is 4.90 Å². The number of carbonyl (C=O) groups excluding carboxylic acids is 1. The van der Waals surface area contributed by atoms with Gasteiger partial charge in [-0.15, -0.1) is 0 Å². The Morgan fingerprint density at radius 3 is 3.05 bits per heavy atom. The number of nitrogens with one attached hydrogen (secondary N) is 1. The fourth-order valence-electron chi connectivity index (χ4n) is 5.44. The van der Waals surface area contributed by atoms with Crippen molar-refractivity contribution in [3.8, 4) is 0 Å². The molecular weight excluding hydrogens is 272 g/mol. The van der Waals surface area contributed by atoms with E-state index in [0.29, 0.717) is 12.0 Å². The molecule has 1 spiro atoms. The van der Waals surface area contributed by atoms with Crippen LogP contribution in [0.25, 0.3) is 0 Å². The number of piperidine rings is 1. The summed E-state index contributed by atoms with van der Waals surface area (Å²) in [6.45, 7) is 4.26. The van der Waals surface area contributed by atoms with Crippen molar-refractivity contribution in [3.63, 3.8) is 0 Å². The van der Waals surface area contributed by atoms with Gasteiger partial charge in [0.15, 0.2) is 0 Å². The Kier molecular flexibility index (Phi) is 2.36. The van der Waals surface area contributed by atoms with Gasteiger partial charge in [0.25, 0.3) is 0 Å². The van der Waals surface area contributed by atoms with Gasteiger partial charge in [0.1, 0.15) is 6.29 Å². The number of hydrogen-bond donors (Lipinski definition) is 1. The predicted molar refractivity (Wildman–Crippen MR) is 86.7 cm³/mol. The van der Waals surface area contributed by atoms with Gasteiger partial charge in [-0.25, -0.2) is 0 Å². The zero-order valence-corrected chi connectivity index (χ0v) is 12.8. The molecule has 2 saturated heterocycles. The highest BCUT2D eigenvalue weighted by Gasteiger charge is 2.60. The smallest absolute Gasteiger partial charge is 0.148 e. The molecule has 3 aliphatic heterocycles. The van der Waals surface area contributed by atoms with E-state index in [4.69, 9.17) is 0 Å². The van der Waals surface area contributed by atoms with Gasteiger partial charge in [0.2, 0.25) is 0 Å². The van der Waals surface area contributed by atoms with Crippen LogP contribution in [0.1, 0.15) is 25.3 Å². The second kappa shape index (κ2) is 4.11. The van der Waals surface area contributed by atoms with E-state index < -0.39 is 0 Å². The number of rotatable bonds is 1. The molecule has 112 valence electrons. The molecule has 2 fully saturated rings. The molecule has 0 aromatic heterocycles. The highest BCUT2D eigenvalue weighted by atomic mass is 16.1. The molecule has 0 saturated carbocycles. The lowest BCUT2D eigenvalue weighted by Gasteiger charge is -2.48. The average molecular weight is 292 g/mol. The van der Waals surface area contributed by atoms with E-state index in [1.54, 1.807) is 0 Å². The maximum atomic E-state index is 11.9. The summed E-state index contributed by atoms with van der Waals surface area (Å²) in [7, 11) is 0. The number of aldehydes is 1. The molecule has 1 aromatic carbocycles. The van der Waals surface area contributed by atoms with Crippen LogP contribution in [0.4, 0.5) is 5.69 Å². The summed E-state index contributed by atoms with van der Waals surface area (Å²) in [5.74, 6) is 0.312. The van der Waals surface area contributed by atoms with Gasteiger partial charge >= 0.3 is 0 Å². The lowest BCUT2D eigenvalue weighted by atomic mass is 9.62. The first-order valence-corrected chi connectivity index (χ1v) is 8.25. The molecule has 22 heavy (non-hydrogen) atoms. The summed E-state index contributed by atoms with van der Waals surface area (Å²) in [5.41, 5.74) is 6.25. The zero-order chi connectivity index (χ0) is 14.9. The molecular formula is C19H20N2O. The summed E-state index contributed by atoms with van der Waals surface area (Å²) in [5, 5.41) is 3.62. The Morgan fingerprint density at radius 2 is 2.23 bits per heavy atom. The fourth-order valence-corrected chi connectivity index (χ4v) is 5.44. The SMILES string of the molecule is CC=C1CN2CC[C@@]34C(=C(C=O)[C@H]1C[C@H]23)Nc1ccccc14. The Bertz CT molecular complexity index is 748. The molecule has 2 bridgehead atoms. The Morgan fingerprint density at radius 1 is 1.36 bits per heavy atom. The van der Waals surface area contributed by atoms with Gasteiger partial charge in [0.05, 0.1) is 5.41 Å². The van der Waals surface area contributed by atoms with Crippen LogP contribution in [-0.4, -0.2) is 30.3 Å². The van der Waals surface area contributed by atoms with Gasteiger partial charge in [-0.2, -0.15) is 0 Å². The van der Waals surface area contributed by atoms with Crippen molar-refractivity contribution < 1.29 is 4.79 Å². The average Bonchev–Trinajstić information content (AvgIpc) is 3.11. The van der Waals surface area contributed by atoms with Gasteiger partial charge in [-0.05, 0) is 31.4 Å². The van der Waals surface area contributed by atoms with E-state index in [2.05, 4.69) is 47.5 Å². The lowest BCUT2D eigenvalue weighted by Crippen LogP contribution is -2.52. The third kappa shape index (κ3) is 1.25. The summed E-state index contributed by atoms with van der Waals surface area (Å²) in [6.07, 6.45) is 5.55. The standard InChI is InChI=1S/C19H20N2O/c1-2-12-10-21-8-7-19-15-5-3-4-6-16(15)20-18(19)14(11-22)13(12)9-17(19)21/h2-6,11,13,17,20H,7-10H2,1H3/t13-,17-,19-/m0/s1. The second-order valence-corrected chi connectivity index (χ2v) is 6.98. The lowest BCUT2D eigenvalue weighted by molar-refractivity contribution is -0.105. The Balaban J connectivity index is 1.83. The van der Waals surface area contributed by atoms with Crippen LogP contribution in [0.5, 0.6) is 0 Å². The van der Waals surface area contributed by atoms with Gasteiger partial charge in [-0.3, -0.25) is 9.69 Å². The maximum absolute atomic E-state index is 11.9. The molecule has 3 heteroatoms. The minimum Gasteiger partial charge on any atom is -0.358 e. The number of nitrogens with zero attached hydrogens (tertiary/aromatic N) is 1. The number of carbonyl (C=O) groups is 1. The molecule has 1 N–H and O–H groups in total. The van der Waals surface area contributed by atoms with Crippen molar-refractivity contribution in [1.29, 1.82) is 0 Å². The van der Waals surface area contributed by atoms with E-state index in [-0.39, 0.29) is 5.41 Å². The van der Waals surface area contributed by atoms with Crippen molar-refractivity contribution in [2.24, 2.45) is 5.92 Å². The molecule has 3 atom stereocenters. The quantitative estimate of drug-likeness (QED) is 0.638. The van der Waals surface area contributed by atoms with Gasteiger partial charge < -0.3 is 5.32 Å². The largest absolute Gasteiger partial charge is 0.358 e. The molecule has 0 amide bonds. The van der Waals surface area contributed by atoms with Gasteiger partial charge in [-0.1, -0.05) is 29.8 Å².